The van der Waals surface area contributed by atoms with Gasteiger partial charge in [0.25, 0.3) is 11.8 Å². The Bertz CT molecular complexity index is 1270. The zero-order valence-electron chi connectivity index (χ0n) is 21.1. The van der Waals surface area contributed by atoms with Gasteiger partial charge in [0, 0.05) is 37.4 Å². The lowest BCUT2D eigenvalue weighted by Crippen LogP contribution is -2.47. The van der Waals surface area contributed by atoms with Crippen molar-refractivity contribution in [3.63, 3.8) is 0 Å². The molecule has 0 aromatic heterocycles. The van der Waals surface area contributed by atoms with E-state index in [0.29, 0.717) is 43.3 Å². The van der Waals surface area contributed by atoms with Crippen molar-refractivity contribution in [2.75, 3.05) is 49.5 Å². The highest BCUT2D eigenvalue weighted by atomic mass is 32.2. The Balaban J connectivity index is 1.49. The van der Waals surface area contributed by atoms with E-state index in [9.17, 15) is 22.8 Å². The molecule has 0 spiro atoms. The van der Waals surface area contributed by atoms with Gasteiger partial charge in [-0.3, -0.25) is 19.3 Å². The van der Waals surface area contributed by atoms with Gasteiger partial charge >= 0.3 is 0 Å². The summed E-state index contributed by atoms with van der Waals surface area (Å²) >= 11 is 0. The van der Waals surface area contributed by atoms with Crippen molar-refractivity contribution in [2.45, 2.75) is 38.0 Å². The number of nitrogens with one attached hydrogen (secondary N) is 1. The normalized spacial score (nSPS) is 15.8. The van der Waals surface area contributed by atoms with Crippen LogP contribution in [-0.2, 0) is 19.6 Å². The van der Waals surface area contributed by atoms with Gasteiger partial charge in [0.2, 0.25) is 15.9 Å². The third-order valence-electron chi connectivity index (χ3n) is 6.62. The van der Waals surface area contributed by atoms with Gasteiger partial charge in [-0.2, -0.15) is 4.31 Å². The number of amides is 3. The zero-order valence-corrected chi connectivity index (χ0v) is 21.9. The summed E-state index contributed by atoms with van der Waals surface area (Å²) in [5.41, 5.74) is 1.11. The number of rotatable bonds is 8. The molecule has 2 aromatic rings. The highest BCUT2D eigenvalue weighted by Crippen LogP contribution is 2.35. The number of fused-ring (bicyclic) bond motifs is 1. The van der Waals surface area contributed by atoms with Crippen LogP contribution in [0.2, 0.25) is 0 Å². The van der Waals surface area contributed by atoms with Crippen molar-refractivity contribution in [1.82, 2.24) is 9.21 Å². The lowest BCUT2D eigenvalue weighted by atomic mass is 10.1. The number of likely N-dealkylation sites (tertiary alicyclic amines) is 1. The van der Waals surface area contributed by atoms with Gasteiger partial charge in [-0.05, 0) is 61.7 Å². The minimum Gasteiger partial charge on any atom is -0.482 e. The third kappa shape index (κ3) is 5.78. The molecule has 1 fully saturated rings. The molecule has 11 heteroatoms. The summed E-state index contributed by atoms with van der Waals surface area (Å²) in [5, 5.41) is 2.78. The van der Waals surface area contributed by atoms with Gasteiger partial charge < -0.3 is 15.0 Å². The number of piperidine rings is 1. The number of nitrogens with zero attached hydrogens (tertiary/aromatic N) is 3. The van der Waals surface area contributed by atoms with E-state index in [-0.39, 0.29) is 35.4 Å². The lowest BCUT2D eigenvalue weighted by molar-refractivity contribution is -0.132. The summed E-state index contributed by atoms with van der Waals surface area (Å²) < 4.78 is 32.3. The molecule has 2 aromatic carbocycles. The molecule has 0 aliphatic carbocycles. The fraction of sp³-hybridized carbons (Fsp3) is 0.423. The Morgan fingerprint density at radius 3 is 2.32 bits per heavy atom. The minimum absolute atomic E-state index is 0.0882. The van der Waals surface area contributed by atoms with Gasteiger partial charge in [-0.15, -0.1) is 0 Å². The highest BCUT2D eigenvalue weighted by Gasteiger charge is 2.30. The first-order valence-electron chi connectivity index (χ1n) is 12.5. The first-order valence-corrected chi connectivity index (χ1v) is 13.9. The van der Waals surface area contributed by atoms with Crippen LogP contribution < -0.4 is 15.0 Å². The maximum absolute atomic E-state index is 12.9. The standard InChI is InChI=1S/C26H32N4O6S/c1-3-29(4-2)37(34,35)21-11-8-19(9-12-21)26(33)27-20-10-13-23-22(16-20)30(25(32)18-36-23)17-24(31)28-14-6-5-7-15-28/h8-13,16H,3-7,14-15,17-18H2,1-2H3,(H,27,33). The van der Waals surface area contributed by atoms with E-state index in [1.807, 2.05) is 0 Å². The average Bonchev–Trinajstić information content (AvgIpc) is 2.91. The second kappa shape index (κ2) is 11.3. The topological polar surface area (TPSA) is 116 Å². The number of anilines is 2. The number of carbonyl (C=O) groups is 3. The summed E-state index contributed by atoms with van der Waals surface area (Å²) in [7, 11) is -3.62. The number of hydrogen-bond donors (Lipinski definition) is 1. The second-order valence-electron chi connectivity index (χ2n) is 8.96. The van der Waals surface area contributed by atoms with Crippen molar-refractivity contribution >= 4 is 39.1 Å². The first-order chi connectivity index (χ1) is 17.7. The molecule has 2 aliphatic rings. The Hall–Kier alpha value is -3.44. The predicted octanol–water partition coefficient (Wildman–Crippen LogP) is 2.71. The summed E-state index contributed by atoms with van der Waals surface area (Å²) in [6, 6.07) is 10.6. The molecule has 0 saturated carbocycles. The molecular weight excluding hydrogens is 496 g/mol. The van der Waals surface area contributed by atoms with E-state index in [1.165, 1.54) is 33.5 Å². The maximum Gasteiger partial charge on any atom is 0.265 e. The van der Waals surface area contributed by atoms with Gasteiger partial charge in [0.1, 0.15) is 12.3 Å². The van der Waals surface area contributed by atoms with E-state index < -0.39 is 15.9 Å². The van der Waals surface area contributed by atoms with Crippen LogP contribution in [-0.4, -0.2) is 74.7 Å². The molecule has 2 heterocycles. The number of sulfonamides is 1. The molecule has 1 saturated heterocycles. The van der Waals surface area contributed by atoms with Crippen LogP contribution in [0.4, 0.5) is 11.4 Å². The molecule has 198 valence electrons. The van der Waals surface area contributed by atoms with Crippen LogP contribution in [0, 0.1) is 0 Å². The SMILES string of the molecule is CCN(CC)S(=O)(=O)c1ccc(C(=O)Nc2ccc3c(c2)N(CC(=O)N2CCCCC2)C(=O)CO3)cc1. The van der Waals surface area contributed by atoms with Gasteiger partial charge in [-0.1, -0.05) is 13.8 Å². The van der Waals surface area contributed by atoms with E-state index >= 15 is 0 Å². The van der Waals surface area contributed by atoms with Crippen molar-refractivity contribution in [3.05, 3.63) is 48.0 Å². The van der Waals surface area contributed by atoms with Gasteiger partial charge in [0.15, 0.2) is 6.61 Å². The van der Waals surface area contributed by atoms with Crippen LogP contribution in [0.3, 0.4) is 0 Å². The summed E-state index contributed by atoms with van der Waals surface area (Å²) in [5.74, 6) is -0.429. The molecule has 3 amide bonds. The van der Waals surface area contributed by atoms with Crippen LogP contribution in [0.5, 0.6) is 5.75 Å². The second-order valence-corrected chi connectivity index (χ2v) is 10.9. The molecule has 1 N–H and O–H groups in total. The quantitative estimate of drug-likeness (QED) is 0.563. The minimum atomic E-state index is -3.62. The summed E-state index contributed by atoms with van der Waals surface area (Å²) in [4.78, 5) is 41.6. The monoisotopic (exact) mass is 528 g/mol. The fourth-order valence-electron chi connectivity index (χ4n) is 4.53. The molecule has 4 rings (SSSR count). The Labute approximate surface area is 217 Å². The molecule has 10 nitrogen and oxygen atoms in total. The third-order valence-corrected chi connectivity index (χ3v) is 8.69. The summed E-state index contributed by atoms with van der Waals surface area (Å²) in [6.07, 6.45) is 3.01. The fourth-order valence-corrected chi connectivity index (χ4v) is 5.98. The first kappa shape index (κ1) is 26.6. The zero-order chi connectivity index (χ0) is 26.6. The number of carbonyl (C=O) groups excluding carboxylic acids is 3. The van der Waals surface area contributed by atoms with Crippen molar-refractivity contribution in [3.8, 4) is 5.75 Å². The molecule has 0 atom stereocenters. The predicted molar refractivity (Wildman–Crippen MR) is 139 cm³/mol. The van der Waals surface area contributed by atoms with E-state index in [0.717, 1.165) is 19.3 Å². The number of ether oxygens (including phenoxy) is 1. The van der Waals surface area contributed by atoms with Crippen LogP contribution in [0.1, 0.15) is 43.5 Å². The highest BCUT2D eigenvalue weighted by molar-refractivity contribution is 7.89. The lowest BCUT2D eigenvalue weighted by Gasteiger charge is -2.33. The Kier molecular flexibility index (Phi) is 8.13. The van der Waals surface area contributed by atoms with E-state index in [1.54, 1.807) is 36.9 Å². The largest absolute Gasteiger partial charge is 0.482 e. The number of benzene rings is 2. The molecule has 0 radical (unpaired) electrons. The molecule has 0 unspecified atom stereocenters. The van der Waals surface area contributed by atoms with Crippen LogP contribution >= 0.6 is 0 Å². The summed E-state index contributed by atoms with van der Waals surface area (Å²) in [6.45, 7) is 5.38. The van der Waals surface area contributed by atoms with Crippen molar-refractivity contribution < 1.29 is 27.5 Å². The van der Waals surface area contributed by atoms with Gasteiger partial charge in [0.05, 0.1) is 10.6 Å². The van der Waals surface area contributed by atoms with E-state index in [4.69, 9.17) is 4.74 Å². The molecule has 0 bridgehead atoms. The van der Waals surface area contributed by atoms with Crippen LogP contribution in [0.15, 0.2) is 47.4 Å². The van der Waals surface area contributed by atoms with Crippen molar-refractivity contribution in [1.29, 1.82) is 0 Å². The van der Waals surface area contributed by atoms with Crippen LogP contribution in [0.25, 0.3) is 0 Å². The Morgan fingerprint density at radius 2 is 1.68 bits per heavy atom. The molecule has 2 aliphatic heterocycles. The van der Waals surface area contributed by atoms with Crippen molar-refractivity contribution in [2.24, 2.45) is 0 Å². The molecule has 37 heavy (non-hydrogen) atoms. The Morgan fingerprint density at radius 1 is 1.00 bits per heavy atom. The van der Waals surface area contributed by atoms with Gasteiger partial charge in [-0.25, -0.2) is 8.42 Å². The molecular formula is C26H32N4O6S. The van der Waals surface area contributed by atoms with E-state index in [2.05, 4.69) is 5.32 Å². The number of hydrogen-bond acceptors (Lipinski definition) is 6. The smallest absolute Gasteiger partial charge is 0.265 e. The maximum atomic E-state index is 12.9. The average molecular weight is 529 g/mol.